The first-order valence-electron chi connectivity index (χ1n) is 9.51. The van der Waals surface area contributed by atoms with Gasteiger partial charge in [-0.25, -0.2) is 4.79 Å². The minimum atomic E-state index is -0.536. The van der Waals surface area contributed by atoms with Crippen LogP contribution in [-0.2, 0) is 14.3 Å². The quantitative estimate of drug-likeness (QED) is 0.556. The fourth-order valence-corrected chi connectivity index (χ4v) is 3.49. The van der Waals surface area contributed by atoms with Gasteiger partial charge in [0.1, 0.15) is 5.75 Å². The molecule has 0 aliphatic carbocycles. The van der Waals surface area contributed by atoms with E-state index in [0.717, 1.165) is 0 Å². The second-order valence-corrected chi connectivity index (χ2v) is 6.69. The molecule has 0 atom stereocenters. The summed E-state index contributed by atoms with van der Waals surface area (Å²) in [6.45, 7) is 3.83. The van der Waals surface area contributed by atoms with Gasteiger partial charge in [0.25, 0.3) is 5.91 Å². The number of fused-ring (bicyclic) bond motifs is 1. The number of carbonyl (C=O) groups is 2. The van der Waals surface area contributed by atoms with Gasteiger partial charge in [0.15, 0.2) is 11.5 Å². The minimum absolute atomic E-state index is 0.159. The Morgan fingerprint density at radius 2 is 1.87 bits per heavy atom. The van der Waals surface area contributed by atoms with E-state index in [1.54, 1.807) is 63.4 Å². The van der Waals surface area contributed by atoms with Crippen LogP contribution in [0.2, 0.25) is 0 Å². The summed E-state index contributed by atoms with van der Waals surface area (Å²) >= 11 is 0. The Labute approximate surface area is 174 Å². The van der Waals surface area contributed by atoms with Crippen LogP contribution < -0.4 is 19.1 Å². The molecule has 4 rings (SSSR count). The summed E-state index contributed by atoms with van der Waals surface area (Å²) in [4.78, 5) is 27.6. The summed E-state index contributed by atoms with van der Waals surface area (Å²) < 4.78 is 21.2. The number of rotatable bonds is 5. The lowest BCUT2D eigenvalue weighted by atomic mass is 10.0. The van der Waals surface area contributed by atoms with Crippen molar-refractivity contribution in [2.75, 3.05) is 25.4 Å². The predicted octanol–water partition coefficient (Wildman–Crippen LogP) is 3.69. The summed E-state index contributed by atoms with van der Waals surface area (Å²) in [5.41, 5.74) is 2.37. The first-order chi connectivity index (χ1) is 14.5. The lowest BCUT2D eigenvalue weighted by molar-refractivity contribution is -0.138. The number of benzene rings is 2. The van der Waals surface area contributed by atoms with Crippen molar-refractivity contribution in [2.45, 2.75) is 13.8 Å². The molecule has 2 aliphatic heterocycles. The van der Waals surface area contributed by atoms with E-state index < -0.39 is 5.97 Å². The molecule has 2 aliphatic rings. The Kier molecular flexibility index (Phi) is 5.18. The van der Waals surface area contributed by atoms with Gasteiger partial charge in [-0.05, 0) is 61.9 Å². The van der Waals surface area contributed by atoms with Gasteiger partial charge in [-0.1, -0.05) is 6.07 Å². The van der Waals surface area contributed by atoms with Crippen molar-refractivity contribution < 1.29 is 28.5 Å². The molecular weight excluding hydrogens is 386 g/mol. The van der Waals surface area contributed by atoms with Gasteiger partial charge in [0.05, 0.1) is 24.9 Å². The Bertz CT molecular complexity index is 1070. The molecule has 2 aromatic rings. The fourth-order valence-electron chi connectivity index (χ4n) is 3.49. The van der Waals surface area contributed by atoms with E-state index in [2.05, 4.69) is 0 Å². The van der Waals surface area contributed by atoms with Crippen LogP contribution >= 0.6 is 0 Å². The number of methoxy groups -OCH3 is 1. The zero-order chi connectivity index (χ0) is 21.3. The largest absolute Gasteiger partial charge is 0.497 e. The number of anilines is 1. The molecule has 7 nitrogen and oxygen atoms in total. The van der Waals surface area contributed by atoms with Crippen molar-refractivity contribution >= 4 is 23.6 Å². The highest BCUT2D eigenvalue weighted by atomic mass is 16.7. The summed E-state index contributed by atoms with van der Waals surface area (Å²) in [6, 6.07) is 12.4. The molecule has 0 N–H and O–H groups in total. The molecule has 7 heteroatoms. The zero-order valence-corrected chi connectivity index (χ0v) is 16.9. The minimum Gasteiger partial charge on any atom is -0.497 e. The van der Waals surface area contributed by atoms with Crippen molar-refractivity contribution in [1.29, 1.82) is 0 Å². The molecule has 0 saturated carbocycles. The molecule has 0 aromatic heterocycles. The Morgan fingerprint density at radius 3 is 2.57 bits per heavy atom. The highest BCUT2D eigenvalue weighted by molar-refractivity contribution is 6.23. The average Bonchev–Trinajstić information content (AvgIpc) is 3.30. The Balaban J connectivity index is 1.78. The van der Waals surface area contributed by atoms with Gasteiger partial charge in [-0.3, -0.25) is 9.69 Å². The van der Waals surface area contributed by atoms with Gasteiger partial charge in [-0.2, -0.15) is 0 Å². The molecule has 2 aromatic carbocycles. The number of allylic oxidation sites excluding steroid dienone is 1. The van der Waals surface area contributed by atoms with Crippen molar-refractivity contribution in [3.63, 3.8) is 0 Å². The van der Waals surface area contributed by atoms with E-state index in [1.165, 1.54) is 4.90 Å². The number of esters is 1. The zero-order valence-electron chi connectivity index (χ0n) is 16.9. The standard InChI is InChI=1S/C23H21NO6/c1-4-28-23(26)21-14(2)24(16-6-8-17(27-3)9-7-16)22(25)18(21)11-15-5-10-19-20(12-15)30-13-29-19/h5-12H,4,13H2,1-3H3. The molecule has 0 bridgehead atoms. The lowest BCUT2D eigenvalue weighted by Gasteiger charge is -2.18. The van der Waals surface area contributed by atoms with Crippen LogP contribution in [0, 0.1) is 0 Å². The molecule has 0 fully saturated rings. The SMILES string of the molecule is CCOC(=O)C1=C(C)N(c2ccc(OC)cc2)C(=O)C1=Cc1ccc2c(c1)OCO2. The van der Waals surface area contributed by atoms with E-state index in [1.807, 2.05) is 6.07 Å². The van der Waals surface area contributed by atoms with Crippen LogP contribution in [0.3, 0.4) is 0 Å². The monoisotopic (exact) mass is 407 g/mol. The van der Waals surface area contributed by atoms with Gasteiger partial charge < -0.3 is 18.9 Å². The highest BCUT2D eigenvalue weighted by Crippen LogP contribution is 2.38. The Morgan fingerprint density at radius 1 is 1.13 bits per heavy atom. The summed E-state index contributed by atoms with van der Waals surface area (Å²) in [5.74, 6) is 1.07. The second kappa shape index (κ2) is 7.94. The molecular formula is C23H21NO6. The average molecular weight is 407 g/mol. The van der Waals surface area contributed by atoms with E-state index in [9.17, 15) is 9.59 Å². The maximum absolute atomic E-state index is 13.3. The van der Waals surface area contributed by atoms with E-state index in [-0.39, 0.29) is 30.5 Å². The lowest BCUT2D eigenvalue weighted by Crippen LogP contribution is -2.24. The van der Waals surface area contributed by atoms with Gasteiger partial charge in [0, 0.05) is 11.4 Å². The van der Waals surface area contributed by atoms with Crippen molar-refractivity contribution in [1.82, 2.24) is 0 Å². The third-order valence-corrected chi connectivity index (χ3v) is 4.92. The normalized spacial score (nSPS) is 16.4. The maximum atomic E-state index is 13.3. The van der Waals surface area contributed by atoms with Crippen LogP contribution in [0.15, 0.2) is 59.3 Å². The molecule has 0 radical (unpaired) electrons. The molecule has 0 unspecified atom stereocenters. The highest BCUT2D eigenvalue weighted by Gasteiger charge is 2.38. The summed E-state index contributed by atoms with van der Waals surface area (Å²) in [7, 11) is 1.58. The van der Waals surface area contributed by atoms with Gasteiger partial charge in [-0.15, -0.1) is 0 Å². The molecule has 154 valence electrons. The third-order valence-electron chi connectivity index (χ3n) is 4.92. The summed E-state index contributed by atoms with van der Waals surface area (Å²) in [6.07, 6.45) is 1.67. The van der Waals surface area contributed by atoms with Crippen LogP contribution in [0.5, 0.6) is 17.2 Å². The third kappa shape index (κ3) is 3.39. The number of hydrogen-bond donors (Lipinski definition) is 0. The smallest absolute Gasteiger partial charge is 0.340 e. The summed E-state index contributed by atoms with van der Waals surface area (Å²) in [5, 5.41) is 0. The first kappa shape index (κ1) is 19.6. The predicted molar refractivity (Wildman–Crippen MR) is 110 cm³/mol. The fraction of sp³-hybridized carbons (Fsp3) is 0.217. The number of amides is 1. The molecule has 2 heterocycles. The number of hydrogen-bond acceptors (Lipinski definition) is 6. The Hall–Kier alpha value is -3.74. The van der Waals surface area contributed by atoms with Crippen LogP contribution in [0.1, 0.15) is 19.4 Å². The van der Waals surface area contributed by atoms with Gasteiger partial charge >= 0.3 is 5.97 Å². The number of ether oxygens (including phenoxy) is 4. The van der Waals surface area contributed by atoms with E-state index in [4.69, 9.17) is 18.9 Å². The van der Waals surface area contributed by atoms with Crippen LogP contribution in [0.4, 0.5) is 5.69 Å². The first-order valence-corrected chi connectivity index (χ1v) is 9.51. The maximum Gasteiger partial charge on any atom is 0.340 e. The van der Waals surface area contributed by atoms with Crippen LogP contribution in [-0.4, -0.2) is 32.4 Å². The second-order valence-electron chi connectivity index (χ2n) is 6.69. The number of nitrogens with zero attached hydrogens (tertiary/aromatic N) is 1. The van der Waals surface area contributed by atoms with Gasteiger partial charge in [0.2, 0.25) is 6.79 Å². The molecule has 0 spiro atoms. The van der Waals surface area contributed by atoms with Crippen molar-refractivity contribution in [3.05, 3.63) is 64.9 Å². The number of carbonyl (C=O) groups excluding carboxylic acids is 2. The topological polar surface area (TPSA) is 74.3 Å². The van der Waals surface area contributed by atoms with E-state index in [0.29, 0.717) is 34.2 Å². The van der Waals surface area contributed by atoms with E-state index >= 15 is 0 Å². The molecule has 1 amide bonds. The van der Waals surface area contributed by atoms with Crippen molar-refractivity contribution in [2.24, 2.45) is 0 Å². The van der Waals surface area contributed by atoms with Crippen molar-refractivity contribution in [3.8, 4) is 17.2 Å². The molecule has 30 heavy (non-hydrogen) atoms. The van der Waals surface area contributed by atoms with Crippen LogP contribution in [0.25, 0.3) is 6.08 Å². The molecule has 0 saturated heterocycles.